The first-order valence-electron chi connectivity index (χ1n) is 6.27. The highest BCUT2D eigenvalue weighted by Gasteiger charge is 2.36. The van der Waals surface area contributed by atoms with Gasteiger partial charge >= 0.3 is 0 Å². The molecule has 0 atom stereocenters. The first-order valence-corrected chi connectivity index (χ1v) is 8.26. The molecule has 1 aliphatic rings. The van der Waals surface area contributed by atoms with Gasteiger partial charge in [-0.1, -0.05) is 24.9 Å². The fraction of sp³-hybridized carbons (Fsp3) is 0.583. The third-order valence-electron chi connectivity index (χ3n) is 2.95. The molecule has 0 spiro atoms. The second kappa shape index (κ2) is 6.07. The van der Waals surface area contributed by atoms with Crippen molar-refractivity contribution in [2.75, 3.05) is 18.8 Å². The molecule has 0 amide bonds. The van der Waals surface area contributed by atoms with Gasteiger partial charge in [-0.3, -0.25) is 0 Å². The Labute approximate surface area is 118 Å². The molecule has 1 saturated heterocycles. The molecule has 1 aromatic heterocycles. The minimum Gasteiger partial charge on any atom is -0.472 e. The molecule has 106 valence electrons. The van der Waals surface area contributed by atoms with E-state index in [1.807, 2.05) is 6.92 Å². The Morgan fingerprint density at radius 3 is 2.79 bits per heavy atom. The smallest absolute Gasteiger partial charge is 0.214 e. The number of sulfonamides is 1. The van der Waals surface area contributed by atoms with Gasteiger partial charge in [-0.25, -0.2) is 13.4 Å². The third kappa shape index (κ3) is 3.81. The maximum Gasteiger partial charge on any atom is 0.214 e. The lowest BCUT2D eigenvalue weighted by atomic mass is 10.2. The number of hydrogen-bond donors (Lipinski definition) is 0. The molecular formula is C12H17ClN2O3S. The van der Waals surface area contributed by atoms with Gasteiger partial charge < -0.3 is 4.74 Å². The van der Waals surface area contributed by atoms with Crippen LogP contribution in [0.25, 0.3) is 0 Å². The molecule has 2 rings (SSSR count). The van der Waals surface area contributed by atoms with Gasteiger partial charge in [-0.05, 0) is 12.5 Å². The summed E-state index contributed by atoms with van der Waals surface area (Å²) >= 11 is 5.72. The van der Waals surface area contributed by atoms with Crippen LogP contribution in [0.15, 0.2) is 18.3 Å². The van der Waals surface area contributed by atoms with Gasteiger partial charge in [-0.15, -0.1) is 0 Å². The van der Waals surface area contributed by atoms with Crippen molar-refractivity contribution in [1.82, 2.24) is 9.29 Å². The standard InChI is InChI=1S/C12H17ClN2O3S/c1-2-3-6-19(16,17)15-8-11(9-15)18-12-5-4-10(13)7-14-12/h4-5,7,11H,2-3,6,8-9H2,1H3. The summed E-state index contributed by atoms with van der Waals surface area (Å²) in [6.07, 6.45) is 2.96. The van der Waals surface area contributed by atoms with E-state index >= 15 is 0 Å². The van der Waals surface area contributed by atoms with Crippen molar-refractivity contribution in [1.29, 1.82) is 0 Å². The molecule has 19 heavy (non-hydrogen) atoms. The van der Waals surface area contributed by atoms with E-state index in [1.165, 1.54) is 10.5 Å². The Kier molecular flexibility index (Phi) is 4.65. The number of nitrogens with zero attached hydrogens (tertiary/aromatic N) is 2. The monoisotopic (exact) mass is 304 g/mol. The fourth-order valence-corrected chi connectivity index (χ4v) is 3.57. The summed E-state index contributed by atoms with van der Waals surface area (Å²) in [6.45, 7) is 2.77. The van der Waals surface area contributed by atoms with Crippen LogP contribution in [0.1, 0.15) is 19.8 Å². The zero-order valence-corrected chi connectivity index (χ0v) is 12.3. The molecule has 0 N–H and O–H groups in total. The van der Waals surface area contributed by atoms with E-state index in [9.17, 15) is 8.42 Å². The van der Waals surface area contributed by atoms with E-state index in [0.717, 1.165) is 6.42 Å². The second-order valence-corrected chi connectivity index (χ2v) is 7.07. The van der Waals surface area contributed by atoms with Crippen LogP contribution in [0.3, 0.4) is 0 Å². The zero-order valence-electron chi connectivity index (χ0n) is 10.8. The molecule has 1 fully saturated rings. The Hall–Kier alpha value is -0.850. The molecule has 0 saturated carbocycles. The summed E-state index contributed by atoms with van der Waals surface area (Å²) in [4.78, 5) is 4.01. The summed E-state index contributed by atoms with van der Waals surface area (Å²) in [5.41, 5.74) is 0. The molecule has 0 radical (unpaired) electrons. The van der Waals surface area contributed by atoms with Gasteiger partial charge in [0, 0.05) is 12.3 Å². The number of pyridine rings is 1. The molecule has 0 bridgehead atoms. The van der Waals surface area contributed by atoms with E-state index in [-0.39, 0.29) is 11.9 Å². The summed E-state index contributed by atoms with van der Waals surface area (Å²) in [7, 11) is -3.11. The molecule has 0 aromatic carbocycles. The number of halogens is 1. The van der Waals surface area contributed by atoms with Crippen LogP contribution in [0, 0.1) is 0 Å². The van der Waals surface area contributed by atoms with Gasteiger partial charge in [0.2, 0.25) is 15.9 Å². The normalized spacial score (nSPS) is 17.2. The summed E-state index contributed by atoms with van der Waals surface area (Å²) in [6, 6.07) is 3.37. The topological polar surface area (TPSA) is 59.5 Å². The van der Waals surface area contributed by atoms with Crippen molar-refractivity contribution in [3.8, 4) is 5.88 Å². The van der Waals surface area contributed by atoms with Gasteiger partial charge in [0.15, 0.2) is 0 Å². The Morgan fingerprint density at radius 2 is 2.21 bits per heavy atom. The van der Waals surface area contributed by atoms with Gasteiger partial charge in [-0.2, -0.15) is 4.31 Å². The Bertz CT molecular complexity index is 512. The maximum absolute atomic E-state index is 11.9. The lowest BCUT2D eigenvalue weighted by Crippen LogP contribution is -2.56. The molecule has 1 aromatic rings. The summed E-state index contributed by atoms with van der Waals surface area (Å²) < 4.78 is 30.7. The highest BCUT2D eigenvalue weighted by molar-refractivity contribution is 7.89. The zero-order chi connectivity index (χ0) is 13.9. The second-order valence-electron chi connectivity index (χ2n) is 4.54. The number of unbranched alkanes of at least 4 members (excludes halogenated alkanes) is 1. The molecule has 2 heterocycles. The van der Waals surface area contributed by atoms with E-state index in [1.54, 1.807) is 12.1 Å². The molecule has 7 heteroatoms. The van der Waals surface area contributed by atoms with E-state index in [0.29, 0.717) is 30.4 Å². The minimum absolute atomic E-state index is 0.120. The maximum atomic E-state index is 11.9. The third-order valence-corrected chi connectivity index (χ3v) is 5.06. The van der Waals surface area contributed by atoms with E-state index in [2.05, 4.69) is 4.98 Å². The van der Waals surface area contributed by atoms with Crippen LogP contribution in [-0.2, 0) is 10.0 Å². The van der Waals surface area contributed by atoms with Crippen LogP contribution in [-0.4, -0.2) is 42.7 Å². The van der Waals surface area contributed by atoms with Crippen LogP contribution in [0.5, 0.6) is 5.88 Å². The predicted octanol–water partition coefficient (Wildman–Crippen LogP) is 1.93. The van der Waals surface area contributed by atoms with Crippen molar-refractivity contribution >= 4 is 21.6 Å². The summed E-state index contributed by atoms with van der Waals surface area (Å²) in [5.74, 6) is 0.690. The van der Waals surface area contributed by atoms with Crippen molar-refractivity contribution in [2.45, 2.75) is 25.9 Å². The molecule has 0 unspecified atom stereocenters. The van der Waals surface area contributed by atoms with Crippen molar-refractivity contribution in [3.63, 3.8) is 0 Å². The number of aromatic nitrogens is 1. The first-order chi connectivity index (χ1) is 9.01. The highest BCUT2D eigenvalue weighted by atomic mass is 35.5. The highest BCUT2D eigenvalue weighted by Crippen LogP contribution is 2.20. The van der Waals surface area contributed by atoms with Crippen molar-refractivity contribution in [3.05, 3.63) is 23.4 Å². The predicted molar refractivity (Wildman–Crippen MR) is 73.9 cm³/mol. The summed E-state index contributed by atoms with van der Waals surface area (Å²) in [5, 5.41) is 0.546. The minimum atomic E-state index is -3.11. The van der Waals surface area contributed by atoms with Crippen molar-refractivity contribution < 1.29 is 13.2 Å². The van der Waals surface area contributed by atoms with Crippen LogP contribution < -0.4 is 4.74 Å². The van der Waals surface area contributed by atoms with Gasteiger partial charge in [0.05, 0.1) is 23.9 Å². The lowest BCUT2D eigenvalue weighted by molar-refractivity contribution is 0.0721. The first kappa shape index (κ1) is 14.6. The number of rotatable bonds is 6. The lowest BCUT2D eigenvalue weighted by Gasteiger charge is -2.37. The van der Waals surface area contributed by atoms with E-state index in [4.69, 9.17) is 16.3 Å². The number of hydrogen-bond acceptors (Lipinski definition) is 4. The fourth-order valence-electron chi connectivity index (χ4n) is 1.76. The average molecular weight is 305 g/mol. The van der Waals surface area contributed by atoms with E-state index < -0.39 is 10.0 Å². The van der Waals surface area contributed by atoms with Gasteiger partial charge in [0.25, 0.3) is 0 Å². The average Bonchev–Trinajstić information content (AvgIpc) is 2.33. The van der Waals surface area contributed by atoms with Crippen LogP contribution >= 0.6 is 11.6 Å². The van der Waals surface area contributed by atoms with Crippen LogP contribution in [0.4, 0.5) is 0 Å². The molecule has 1 aliphatic heterocycles. The Morgan fingerprint density at radius 1 is 1.47 bits per heavy atom. The van der Waals surface area contributed by atoms with Gasteiger partial charge in [0.1, 0.15) is 6.10 Å². The Balaban J connectivity index is 1.81. The quantitative estimate of drug-likeness (QED) is 0.806. The molecule has 0 aliphatic carbocycles. The largest absolute Gasteiger partial charge is 0.472 e. The van der Waals surface area contributed by atoms with Crippen LogP contribution in [0.2, 0.25) is 5.02 Å². The molecule has 5 nitrogen and oxygen atoms in total. The number of ether oxygens (including phenoxy) is 1. The van der Waals surface area contributed by atoms with Crippen molar-refractivity contribution in [2.24, 2.45) is 0 Å². The SMILES string of the molecule is CCCCS(=O)(=O)N1CC(Oc2ccc(Cl)cn2)C1. The molecular weight excluding hydrogens is 288 g/mol.